The third-order valence-corrected chi connectivity index (χ3v) is 6.99. The zero-order valence-corrected chi connectivity index (χ0v) is 18.1. The monoisotopic (exact) mass is 475 g/mol. The molecule has 0 aliphatic carbocycles. The van der Waals surface area contributed by atoms with Crippen molar-refractivity contribution in [2.45, 2.75) is 24.0 Å². The van der Waals surface area contributed by atoms with Crippen LogP contribution in [-0.2, 0) is 21.0 Å². The summed E-state index contributed by atoms with van der Waals surface area (Å²) in [7, 11) is -4.45. The number of hydrogen-bond donors (Lipinski definition) is 1. The number of alkyl halides is 3. The van der Waals surface area contributed by atoms with Crippen LogP contribution in [0.5, 0.6) is 0 Å². The van der Waals surface area contributed by atoms with E-state index in [1.165, 1.54) is 11.8 Å². The maximum Gasteiger partial charge on any atom is 0.416 e. The van der Waals surface area contributed by atoms with Crippen LogP contribution < -0.4 is 9.62 Å². The summed E-state index contributed by atoms with van der Waals surface area (Å²) in [6.45, 7) is 3.29. The van der Waals surface area contributed by atoms with Crippen molar-refractivity contribution in [3.63, 3.8) is 0 Å². The molecule has 0 spiro atoms. The predicted molar refractivity (Wildman–Crippen MR) is 111 cm³/mol. The number of benzene rings is 2. The highest BCUT2D eigenvalue weighted by Crippen LogP contribution is 2.33. The summed E-state index contributed by atoms with van der Waals surface area (Å²) < 4.78 is 66.3. The van der Waals surface area contributed by atoms with Gasteiger partial charge in [-0.1, -0.05) is 29.8 Å². The number of nitrogens with zero attached hydrogens (tertiary/aromatic N) is 2. The van der Waals surface area contributed by atoms with Crippen molar-refractivity contribution in [3.05, 3.63) is 59.1 Å². The standard InChI is InChI=1S/C20H21ClF3N3O3S/c1-14(19(28)27-11-9-26(10-12-27)16-5-3-2-4-6-16)25-31(29,30)18-13-15(20(22,23)24)7-8-17(18)21/h2-8,13-14,25H,9-12H2,1H3/t14-/m1/s1. The number of rotatable bonds is 5. The molecular formula is C20H21ClF3N3O3S. The molecule has 11 heteroatoms. The minimum absolute atomic E-state index is 0.364. The van der Waals surface area contributed by atoms with Crippen LogP contribution in [0.25, 0.3) is 0 Å². The smallest absolute Gasteiger partial charge is 0.368 e. The molecule has 1 saturated heterocycles. The summed E-state index contributed by atoms with van der Waals surface area (Å²) in [6, 6.07) is 10.5. The summed E-state index contributed by atoms with van der Waals surface area (Å²) in [4.78, 5) is 15.6. The van der Waals surface area contributed by atoms with Gasteiger partial charge >= 0.3 is 6.18 Å². The van der Waals surface area contributed by atoms with Gasteiger partial charge in [-0.25, -0.2) is 8.42 Å². The van der Waals surface area contributed by atoms with Gasteiger partial charge < -0.3 is 9.80 Å². The molecule has 0 radical (unpaired) electrons. The second kappa shape index (κ2) is 9.05. The zero-order valence-electron chi connectivity index (χ0n) is 16.6. The Morgan fingerprint density at radius 1 is 1.06 bits per heavy atom. The average molecular weight is 476 g/mol. The average Bonchev–Trinajstić information content (AvgIpc) is 2.73. The van der Waals surface area contributed by atoms with E-state index in [1.807, 2.05) is 30.3 Å². The molecule has 1 N–H and O–H groups in total. The SMILES string of the molecule is C[C@@H](NS(=O)(=O)c1cc(C(F)(F)F)ccc1Cl)C(=O)N1CCN(c2ccccc2)CC1. The number of piperazine rings is 1. The van der Waals surface area contributed by atoms with E-state index in [-0.39, 0.29) is 5.02 Å². The lowest BCUT2D eigenvalue weighted by Crippen LogP contribution is -2.54. The van der Waals surface area contributed by atoms with E-state index in [4.69, 9.17) is 11.6 Å². The molecule has 2 aromatic rings. The number of carbonyl (C=O) groups excluding carboxylic acids is 1. The third-order valence-electron chi connectivity index (χ3n) is 4.96. The van der Waals surface area contributed by atoms with Gasteiger partial charge in [0.05, 0.1) is 16.6 Å². The normalized spacial score (nSPS) is 16.3. The van der Waals surface area contributed by atoms with Crippen molar-refractivity contribution in [2.24, 2.45) is 0 Å². The first-order chi connectivity index (χ1) is 14.5. The molecule has 1 heterocycles. The van der Waals surface area contributed by atoms with Crippen molar-refractivity contribution in [1.29, 1.82) is 0 Å². The number of carbonyl (C=O) groups is 1. The van der Waals surface area contributed by atoms with E-state index in [2.05, 4.69) is 9.62 Å². The van der Waals surface area contributed by atoms with Gasteiger partial charge in [-0.05, 0) is 37.3 Å². The molecule has 1 atom stereocenters. The van der Waals surface area contributed by atoms with Crippen molar-refractivity contribution in [3.8, 4) is 0 Å². The highest BCUT2D eigenvalue weighted by Gasteiger charge is 2.34. The number of anilines is 1. The highest BCUT2D eigenvalue weighted by molar-refractivity contribution is 7.89. The molecule has 0 bridgehead atoms. The van der Waals surface area contributed by atoms with E-state index < -0.39 is 38.6 Å². The van der Waals surface area contributed by atoms with Crippen LogP contribution >= 0.6 is 11.6 Å². The quantitative estimate of drug-likeness (QED) is 0.720. The number of halogens is 4. The van der Waals surface area contributed by atoms with Crippen LogP contribution in [0, 0.1) is 0 Å². The Bertz CT molecular complexity index is 1040. The Morgan fingerprint density at radius 3 is 2.26 bits per heavy atom. The molecule has 6 nitrogen and oxygen atoms in total. The number of nitrogens with one attached hydrogen (secondary N) is 1. The summed E-state index contributed by atoms with van der Waals surface area (Å²) in [5, 5.41) is -0.364. The molecule has 1 aliphatic rings. The lowest BCUT2D eigenvalue weighted by molar-refractivity contribution is -0.137. The van der Waals surface area contributed by atoms with E-state index in [0.29, 0.717) is 38.3 Å². The van der Waals surface area contributed by atoms with Crippen molar-refractivity contribution < 1.29 is 26.4 Å². The first-order valence-electron chi connectivity index (χ1n) is 9.47. The molecule has 168 valence electrons. The first kappa shape index (κ1) is 23.4. The molecule has 0 unspecified atom stereocenters. The van der Waals surface area contributed by atoms with Crippen molar-refractivity contribution in [2.75, 3.05) is 31.1 Å². The van der Waals surface area contributed by atoms with Crippen LogP contribution in [0.2, 0.25) is 5.02 Å². The largest absolute Gasteiger partial charge is 0.416 e. The maximum atomic E-state index is 13.0. The van der Waals surface area contributed by atoms with E-state index in [9.17, 15) is 26.4 Å². The topological polar surface area (TPSA) is 69.7 Å². The van der Waals surface area contributed by atoms with Gasteiger partial charge in [0.1, 0.15) is 4.90 Å². The fourth-order valence-electron chi connectivity index (χ4n) is 3.33. The fourth-order valence-corrected chi connectivity index (χ4v) is 5.05. The van der Waals surface area contributed by atoms with Crippen LogP contribution in [-0.4, -0.2) is 51.4 Å². The van der Waals surface area contributed by atoms with E-state index in [0.717, 1.165) is 11.8 Å². The van der Waals surface area contributed by atoms with Gasteiger partial charge in [-0.2, -0.15) is 17.9 Å². The number of hydrogen-bond acceptors (Lipinski definition) is 4. The van der Waals surface area contributed by atoms with E-state index >= 15 is 0 Å². The number of sulfonamides is 1. The van der Waals surface area contributed by atoms with Gasteiger partial charge in [-0.3, -0.25) is 4.79 Å². The molecule has 2 aromatic carbocycles. The van der Waals surface area contributed by atoms with Gasteiger partial charge in [0, 0.05) is 31.9 Å². The minimum atomic E-state index is -4.73. The highest BCUT2D eigenvalue weighted by atomic mass is 35.5. The third kappa shape index (κ3) is 5.50. The Balaban J connectivity index is 1.67. The van der Waals surface area contributed by atoms with Gasteiger partial charge in [0.25, 0.3) is 0 Å². The summed E-state index contributed by atoms with van der Waals surface area (Å²) in [5.74, 6) is -0.459. The van der Waals surface area contributed by atoms with Crippen LogP contribution in [0.4, 0.5) is 18.9 Å². The van der Waals surface area contributed by atoms with Crippen LogP contribution in [0.15, 0.2) is 53.4 Å². The first-order valence-corrected chi connectivity index (χ1v) is 11.3. The lowest BCUT2D eigenvalue weighted by Gasteiger charge is -2.37. The van der Waals surface area contributed by atoms with Gasteiger partial charge in [0.2, 0.25) is 15.9 Å². The molecule has 0 aromatic heterocycles. The maximum absolute atomic E-state index is 13.0. The molecule has 31 heavy (non-hydrogen) atoms. The fraction of sp³-hybridized carbons (Fsp3) is 0.350. The van der Waals surface area contributed by atoms with Gasteiger partial charge in [0.15, 0.2) is 0 Å². The Kier molecular flexibility index (Phi) is 6.82. The molecule has 1 aliphatic heterocycles. The second-order valence-corrected chi connectivity index (χ2v) is 9.22. The summed E-state index contributed by atoms with van der Waals surface area (Å²) in [5.41, 5.74) is -0.115. The second-order valence-electron chi connectivity index (χ2n) is 7.13. The molecule has 0 saturated carbocycles. The molecule has 1 amide bonds. The molecular weight excluding hydrogens is 455 g/mol. The summed E-state index contributed by atoms with van der Waals surface area (Å²) in [6.07, 6.45) is -4.73. The Hall–Kier alpha value is -2.30. The Morgan fingerprint density at radius 2 is 1.68 bits per heavy atom. The van der Waals surface area contributed by atoms with Crippen LogP contribution in [0.3, 0.4) is 0 Å². The number of amides is 1. The lowest BCUT2D eigenvalue weighted by atomic mass is 10.2. The predicted octanol–water partition coefficient (Wildman–Crippen LogP) is 3.37. The molecule has 1 fully saturated rings. The minimum Gasteiger partial charge on any atom is -0.368 e. The molecule has 3 rings (SSSR count). The summed E-state index contributed by atoms with van der Waals surface area (Å²) >= 11 is 5.83. The van der Waals surface area contributed by atoms with Gasteiger partial charge in [-0.15, -0.1) is 0 Å². The van der Waals surface area contributed by atoms with Crippen molar-refractivity contribution >= 4 is 33.2 Å². The number of para-hydroxylation sites is 1. The van der Waals surface area contributed by atoms with Crippen LogP contribution in [0.1, 0.15) is 12.5 Å². The zero-order chi connectivity index (χ0) is 22.8. The Labute approximate surface area is 183 Å². The van der Waals surface area contributed by atoms with E-state index in [1.54, 1.807) is 0 Å². The van der Waals surface area contributed by atoms with Crippen molar-refractivity contribution in [1.82, 2.24) is 9.62 Å².